The van der Waals surface area contributed by atoms with Crippen molar-refractivity contribution in [3.8, 4) is 11.5 Å². The number of hydrogen-bond acceptors (Lipinski definition) is 6. The average molecular weight is 451 g/mol. The van der Waals surface area contributed by atoms with Crippen LogP contribution in [0.25, 0.3) is 0 Å². The molecule has 5 rings (SSSR count). The molecule has 0 saturated heterocycles. The number of fused-ring (bicyclic) bond motifs is 1. The molecule has 1 aliphatic heterocycles. The van der Waals surface area contributed by atoms with E-state index in [0.717, 1.165) is 35.2 Å². The van der Waals surface area contributed by atoms with Gasteiger partial charge in [0, 0.05) is 28.3 Å². The van der Waals surface area contributed by atoms with Gasteiger partial charge in [0.25, 0.3) is 0 Å². The van der Waals surface area contributed by atoms with Crippen LogP contribution in [0.15, 0.2) is 60.1 Å². The predicted octanol–water partition coefficient (Wildman–Crippen LogP) is 4.93. The lowest BCUT2D eigenvalue weighted by atomic mass is 9.85. The maximum atomic E-state index is 12.9. The van der Waals surface area contributed by atoms with E-state index >= 15 is 0 Å². The predicted molar refractivity (Wildman–Crippen MR) is 121 cm³/mol. The van der Waals surface area contributed by atoms with Crippen molar-refractivity contribution in [2.45, 2.75) is 38.8 Å². The number of halogens is 1. The number of Topliss-reactive ketones (excluding diaryl/α,β-unsaturated/α-hetero) is 1. The van der Waals surface area contributed by atoms with Crippen molar-refractivity contribution in [3.05, 3.63) is 76.2 Å². The number of nitrogens with one attached hydrogen (secondary N) is 1. The van der Waals surface area contributed by atoms with Crippen molar-refractivity contribution in [1.82, 2.24) is 14.8 Å². The summed E-state index contributed by atoms with van der Waals surface area (Å²) in [7, 11) is 0. The molecule has 0 bridgehead atoms. The van der Waals surface area contributed by atoms with Gasteiger partial charge in [-0.05, 0) is 43.5 Å². The van der Waals surface area contributed by atoms with E-state index in [1.807, 2.05) is 49.4 Å². The summed E-state index contributed by atoms with van der Waals surface area (Å²) in [6.45, 7) is 2.74. The molecule has 0 saturated carbocycles. The second-order valence-electron chi connectivity index (χ2n) is 7.74. The number of nitrogens with zero attached hydrogens (tertiary/aromatic N) is 3. The zero-order chi connectivity index (χ0) is 22.1. The maximum absolute atomic E-state index is 12.9. The van der Waals surface area contributed by atoms with Crippen LogP contribution in [0.4, 0.5) is 5.95 Å². The molecule has 2 aliphatic rings. The second kappa shape index (κ2) is 8.67. The molecular weight excluding hydrogens is 428 g/mol. The molecule has 0 radical (unpaired) electrons. The summed E-state index contributed by atoms with van der Waals surface area (Å²) in [5, 5.41) is 8.34. The fourth-order valence-corrected chi connectivity index (χ4v) is 4.45. The third-order valence-electron chi connectivity index (χ3n) is 5.73. The van der Waals surface area contributed by atoms with Gasteiger partial charge in [-0.15, -0.1) is 0 Å². The van der Waals surface area contributed by atoms with Crippen LogP contribution in [0, 0.1) is 0 Å². The zero-order valence-corrected chi connectivity index (χ0v) is 18.4. The molecule has 3 aromatic rings. The minimum atomic E-state index is -0.353. The summed E-state index contributed by atoms with van der Waals surface area (Å²) < 4.78 is 13.7. The molecule has 164 valence electrons. The smallest absolute Gasteiger partial charge is 0.226 e. The highest BCUT2D eigenvalue weighted by Gasteiger charge is 2.36. The zero-order valence-electron chi connectivity index (χ0n) is 17.7. The van der Waals surface area contributed by atoms with Gasteiger partial charge in [-0.3, -0.25) is 4.79 Å². The Bertz CT molecular complexity index is 1200. The quantitative estimate of drug-likeness (QED) is 0.573. The summed E-state index contributed by atoms with van der Waals surface area (Å²) in [6.07, 6.45) is 3.70. The van der Waals surface area contributed by atoms with Crippen molar-refractivity contribution < 1.29 is 14.3 Å². The molecule has 2 heterocycles. The normalized spacial score (nSPS) is 17.4. The number of rotatable bonds is 6. The van der Waals surface area contributed by atoms with Gasteiger partial charge in [0.15, 0.2) is 17.3 Å². The number of carbonyl (C=O) groups excluding carboxylic acids is 1. The molecule has 32 heavy (non-hydrogen) atoms. The first-order chi connectivity index (χ1) is 15.7. The largest absolute Gasteiger partial charge is 0.490 e. The third kappa shape index (κ3) is 3.73. The standard InChI is InChI=1S/C24H23ClN4O3/c1-2-31-21-12-15(10-11-20(21)32-13-16-6-3-4-7-17(16)25)23-22-18(8-5-9-19(22)30)28-24-26-14-27-29(23)24/h3-4,6-7,10-12,14,23H,2,5,8-9,13H2,1H3,(H,26,27,28). The average Bonchev–Trinajstić information content (AvgIpc) is 3.26. The van der Waals surface area contributed by atoms with Crippen LogP contribution < -0.4 is 14.8 Å². The minimum absolute atomic E-state index is 0.141. The van der Waals surface area contributed by atoms with E-state index in [0.29, 0.717) is 42.1 Å². The number of benzene rings is 2. The first-order valence-electron chi connectivity index (χ1n) is 10.7. The topological polar surface area (TPSA) is 78.3 Å². The summed E-state index contributed by atoms with van der Waals surface area (Å²) in [6, 6.07) is 13.0. The number of ketones is 1. The van der Waals surface area contributed by atoms with Crippen molar-refractivity contribution in [3.63, 3.8) is 0 Å². The fourth-order valence-electron chi connectivity index (χ4n) is 4.26. The summed E-state index contributed by atoms with van der Waals surface area (Å²) in [5.74, 6) is 2.01. The number of ether oxygens (including phenoxy) is 2. The highest BCUT2D eigenvalue weighted by molar-refractivity contribution is 6.31. The molecule has 1 N–H and O–H groups in total. The third-order valence-corrected chi connectivity index (χ3v) is 6.10. The first kappa shape index (κ1) is 20.6. The Balaban J connectivity index is 1.51. The number of allylic oxidation sites excluding steroid dienone is 2. The Kier molecular flexibility index (Phi) is 5.57. The molecule has 1 atom stereocenters. The molecule has 1 aromatic heterocycles. The number of hydrogen-bond donors (Lipinski definition) is 1. The van der Waals surface area contributed by atoms with Crippen LogP contribution in [0.2, 0.25) is 5.02 Å². The number of anilines is 1. The van der Waals surface area contributed by atoms with Crippen molar-refractivity contribution in [2.24, 2.45) is 0 Å². The monoisotopic (exact) mass is 450 g/mol. The Hall–Kier alpha value is -3.32. The van der Waals surface area contributed by atoms with Gasteiger partial charge in [0.05, 0.1) is 6.61 Å². The Labute approximate surface area is 191 Å². The Morgan fingerprint density at radius 2 is 2.03 bits per heavy atom. The van der Waals surface area contributed by atoms with E-state index in [1.54, 1.807) is 4.68 Å². The highest BCUT2D eigenvalue weighted by Crippen LogP contribution is 2.42. The Morgan fingerprint density at radius 3 is 2.88 bits per heavy atom. The highest BCUT2D eigenvalue weighted by atomic mass is 35.5. The van der Waals surface area contributed by atoms with E-state index in [4.69, 9.17) is 21.1 Å². The van der Waals surface area contributed by atoms with Crippen LogP contribution in [0.1, 0.15) is 43.4 Å². The first-order valence-corrected chi connectivity index (χ1v) is 11.1. The maximum Gasteiger partial charge on any atom is 0.226 e. The number of carbonyl (C=O) groups is 1. The van der Waals surface area contributed by atoms with Gasteiger partial charge in [-0.1, -0.05) is 35.9 Å². The molecule has 2 aromatic carbocycles. The van der Waals surface area contributed by atoms with Gasteiger partial charge >= 0.3 is 0 Å². The van der Waals surface area contributed by atoms with E-state index in [2.05, 4.69) is 15.4 Å². The molecule has 0 spiro atoms. The summed E-state index contributed by atoms with van der Waals surface area (Å²) >= 11 is 6.26. The molecule has 0 fully saturated rings. The van der Waals surface area contributed by atoms with E-state index in [1.165, 1.54) is 6.33 Å². The van der Waals surface area contributed by atoms with Crippen molar-refractivity contribution >= 4 is 23.3 Å². The second-order valence-corrected chi connectivity index (χ2v) is 8.15. The van der Waals surface area contributed by atoms with Gasteiger partial charge in [-0.25, -0.2) is 4.68 Å². The van der Waals surface area contributed by atoms with Crippen LogP contribution >= 0.6 is 11.6 Å². The van der Waals surface area contributed by atoms with Crippen LogP contribution in [0.3, 0.4) is 0 Å². The number of aromatic nitrogens is 3. The molecule has 7 nitrogen and oxygen atoms in total. The summed E-state index contributed by atoms with van der Waals surface area (Å²) in [4.78, 5) is 17.2. The molecule has 1 unspecified atom stereocenters. The molecule has 8 heteroatoms. The minimum Gasteiger partial charge on any atom is -0.490 e. The van der Waals surface area contributed by atoms with Gasteiger partial charge < -0.3 is 14.8 Å². The molecular formula is C24H23ClN4O3. The van der Waals surface area contributed by atoms with Crippen LogP contribution in [-0.4, -0.2) is 27.2 Å². The van der Waals surface area contributed by atoms with Crippen molar-refractivity contribution in [1.29, 1.82) is 0 Å². The van der Waals surface area contributed by atoms with Gasteiger partial charge in [0.2, 0.25) is 5.95 Å². The van der Waals surface area contributed by atoms with E-state index in [-0.39, 0.29) is 11.8 Å². The van der Waals surface area contributed by atoms with E-state index in [9.17, 15) is 4.79 Å². The molecule has 1 aliphatic carbocycles. The SMILES string of the molecule is CCOc1cc(C2C3=C(CCCC3=O)Nc3ncnn32)ccc1OCc1ccccc1Cl. The lowest BCUT2D eigenvalue weighted by molar-refractivity contribution is -0.116. The fraction of sp³-hybridized carbons (Fsp3) is 0.292. The Morgan fingerprint density at radius 1 is 1.16 bits per heavy atom. The summed E-state index contributed by atoms with van der Waals surface area (Å²) in [5.41, 5.74) is 3.48. The lowest BCUT2D eigenvalue weighted by Gasteiger charge is -2.32. The molecule has 0 amide bonds. The van der Waals surface area contributed by atoms with Crippen LogP contribution in [-0.2, 0) is 11.4 Å². The van der Waals surface area contributed by atoms with E-state index < -0.39 is 0 Å². The lowest BCUT2D eigenvalue weighted by Crippen LogP contribution is -2.31. The van der Waals surface area contributed by atoms with Crippen molar-refractivity contribution in [2.75, 3.05) is 11.9 Å². The van der Waals surface area contributed by atoms with Gasteiger partial charge in [-0.2, -0.15) is 10.1 Å². The van der Waals surface area contributed by atoms with Crippen LogP contribution in [0.5, 0.6) is 11.5 Å². The van der Waals surface area contributed by atoms with Gasteiger partial charge in [0.1, 0.15) is 19.0 Å².